The van der Waals surface area contributed by atoms with Gasteiger partial charge in [0.25, 0.3) is 0 Å². The van der Waals surface area contributed by atoms with Crippen molar-refractivity contribution < 1.29 is 8.42 Å². The van der Waals surface area contributed by atoms with E-state index in [-0.39, 0.29) is 5.41 Å². The highest BCUT2D eigenvalue weighted by molar-refractivity contribution is 7.89. The van der Waals surface area contributed by atoms with Gasteiger partial charge in [-0.25, -0.2) is 8.42 Å². The van der Waals surface area contributed by atoms with Crippen LogP contribution >= 0.6 is 0 Å². The number of sulfonamides is 1. The summed E-state index contributed by atoms with van der Waals surface area (Å²) >= 11 is 0. The first kappa shape index (κ1) is 16.2. The number of aryl methyl sites for hydroxylation is 1. The fraction of sp³-hybridized carbons (Fsp3) is 0.529. The van der Waals surface area contributed by atoms with Gasteiger partial charge in [0.2, 0.25) is 10.0 Å². The van der Waals surface area contributed by atoms with Gasteiger partial charge in [0, 0.05) is 13.1 Å². The third kappa shape index (κ3) is 3.74. The average molecular weight is 307 g/mol. The zero-order valence-corrected chi connectivity index (χ0v) is 14.2. The van der Waals surface area contributed by atoms with E-state index >= 15 is 0 Å². The molecule has 2 rings (SSSR count). The summed E-state index contributed by atoms with van der Waals surface area (Å²) in [7, 11) is -3.41. The second-order valence-electron chi connectivity index (χ2n) is 6.63. The molecule has 116 valence electrons. The lowest BCUT2D eigenvalue weighted by molar-refractivity contribution is 0.300. The van der Waals surface area contributed by atoms with Crippen LogP contribution in [0.5, 0.6) is 0 Å². The first-order valence-corrected chi connectivity index (χ1v) is 8.96. The van der Waals surface area contributed by atoms with E-state index in [1.807, 2.05) is 19.1 Å². The molecular weight excluding hydrogens is 282 g/mol. The van der Waals surface area contributed by atoms with Crippen LogP contribution in [0.15, 0.2) is 40.8 Å². The first-order chi connectivity index (χ1) is 9.74. The van der Waals surface area contributed by atoms with Crippen molar-refractivity contribution in [3.8, 4) is 0 Å². The van der Waals surface area contributed by atoms with Gasteiger partial charge in [-0.15, -0.1) is 0 Å². The fourth-order valence-electron chi connectivity index (χ4n) is 2.88. The Labute approximate surface area is 128 Å². The molecule has 1 heterocycles. The van der Waals surface area contributed by atoms with E-state index in [1.165, 1.54) is 5.57 Å². The smallest absolute Gasteiger partial charge is 0.207 e. The number of hydrogen-bond donors (Lipinski definition) is 0. The second kappa shape index (κ2) is 5.93. The molecule has 0 bridgehead atoms. The minimum atomic E-state index is -3.41. The first-order valence-electron chi connectivity index (χ1n) is 7.52. The molecule has 0 atom stereocenters. The van der Waals surface area contributed by atoms with E-state index in [9.17, 15) is 8.42 Å². The topological polar surface area (TPSA) is 37.4 Å². The molecule has 4 heteroatoms. The lowest BCUT2D eigenvalue weighted by Gasteiger charge is -2.36. The number of hydrogen-bond acceptors (Lipinski definition) is 2. The van der Waals surface area contributed by atoms with Gasteiger partial charge in [-0.3, -0.25) is 0 Å². The molecular formula is C17H25NO2S. The van der Waals surface area contributed by atoms with Gasteiger partial charge in [-0.05, 0) is 30.9 Å². The molecule has 0 saturated heterocycles. The van der Waals surface area contributed by atoms with Gasteiger partial charge in [-0.2, -0.15) is 4.31 Å². The minimum Gasteiger partial charge on any atom is -0.207 e. The summed E-state index contributed by atoms with van der Waals surface area (Å²) in [5, 5.41) is 0. The average Bonchev–Trinajstić information content (AvgIpc) is 2.37. The fourth-order valence-corrected chi connectivity index (χ4v) is 4.50. The third-order valence-electron chi connectivity index (χ3n) is 3.79. The Bertz CT molecular complexity index is 627. The van der Waals surface area contributed by atoms with E-state index in [4.69, 9.17) is 0 Å². The Balaban J connectivity index is 2.32. The predicted octanol–water partition coefficient (Wildman–Crippen LogP) is 3.75. The highest BCUT2D eigenvalue weighted by Crippen LogP contribution is 2.31. The largest absolute Gasteiger partial charge is 0.243 e. The van der Waals surface area contributed by atoms with Crippen molar-refractivity contribution >= 4 is 10.0 Å². The molecule has 0 fully saturated rings. The lowest BCUT2D eigenvalue weighted by atomic mass is 9.87. The highest BCUT2D eigenvalue weighted by Gasteiger charge is 2.33. The van der Waals surface area contributed by atoms with Crippen LogP contribution < -0.4 is 0 Å². The zero-order chi connectivity index (χ0) is 15.7. The molecule has 3 nitrogen and oxygen atoms in total. The summed E-state index contributed by atoms with van der Waals surface area (Å²) < 4.78 is 27.3. The maximum Gasteiger partial charge on any atom is 0.243 e. The number of benzene rings is 1. The Morgan fingerprint density at radius 3 is 2.38 bits per heavy atom. The van der Waals surface area contributed by atoms with Crippen molar-refractivity contribution in [3.63, 3.8) is 0 Å². The Morgan fingerprint density at radius 2 is 1.81 bits per heavy atom. The molecule has 0 unspecified atom stereocenters. The van der Waals surface area contributed by atoms with Crippen molar-refractivity contribution in [1.82, 2.24) is 4.31 Å². The minimum absolute atomic E-state index is 0.111. The van der Waals surface area contributed by atoms with Crippen molar-refractivity contribution in [2.75, 3.05) is 13.1 Å². The summed E-state index contributed by atoms with van der Waals surface area (Å²) in [5.41, 5.74) is 2.18. The quantitative estimate of drug-likeness (QED) is 0.794. The van der Waals surface area contributed by atoms with E-state index in [1.54, 1.807) is 16.4 Å². The van der Waals surface area contributed by atoms with Gasteiger partial charge in [0.05, 0.1) is 4.90 Å². The standard InChI is InChI=1S/C17H25NO2S/c1-5-6-15-11-17(3,4)13-18(12-15)21(19,20)16-9-7-14(2)8-10-16/h7-11H,5-6,12-13H2,1-4H3. The maximum absolute atomic E-state index is 12.8. The Morgan fingerprint density at radius 1 is 1.19 bits per heavy atom. The summed E-state index contributed by atoms with van der Waals surface area (Å²) in [6, 6.07) is 7.11. The summed E-state index contributed by atoms with van der Waals surface area (Å²) in [6.45, 7) is 9.34. The Hall–Kier alpha value is -1.13. The van der Waals surface area contributed by atoms with Gasteiger partial charge in [0.1, 0.15) is 0 Å². The van der Waals surface area contributed by atoms with Gasteiger partial charge in [-0.1, -0.05) is 56.5 Å². The molecule has 1 aromatic carbocycles. The predicted molar refractivity (Wildman–Crippen MR) is 86.7 cm³/mol. The van der Waals surface area contributed by atoms with Gasteiger partial charge in [0.15, 0.2) is 0 Å². The van der Waals surface area contributed by atoms with Gasteiger partial charge < -0.3 is 0 Å². The van der Waals surface area contributed by atoms with Crippen LogP contribution in [-0.4, -0.2) is 25.8 Å². The zero-order valence-electron chi connectivity index (χ0n) is 13.4. The lowest BCUT2D eigenvalue weighted by Crippen LogP contribution is -2.42. The van der Waals surface area contributed by atoms with Crippen molar-refractivity contribution in [3.05, 3.63) is 41.5 Å². The normalized spacial score (nSPS) is 19.3. The van der Waals surface area contributed by atoms with Crippen LogP contribution in [0.25, 0.3) is 0 Å². The monoisotopic (exact) mass is 307 g/mol. The molecule has 0 N–H and O–H groups in total. The van der Waals surface area contributed by atoms with Crippen LogP contribution in [0.3, 0.4) is 0 Å². The third-order valence-corrected chi connectivity index (χ3v) is 5.59. The van der Waals surface area contributed by atoms with Crippen LogP contribution in [0.2, 0.25) is 0 Å². The number of rotatable bonds is 4. The Kier molecular flexibility index (Phi) is 4.59. The molecule has 1 aliphatic rings. The van der Waals surface area contributed by atoms with Crippen molar-refractivity contribution in [2.45, 2.75) is 45.4 Å². The molecule has 1 aliphatic heterocycles. The van der Waals surface area contributed by atoms with Crippen LogP contribution in [0.1, 0.15) is 39.2 Å². The summed E-state index contributed by atoms with van der Waals surface area (Å²) in [6.07, 6.45) is 4.25. The van der Waals surface area contributed by atoms with E-state index in [0.29, 0.717) is 18.0 Å². The molecule has 0 amide bonds. The van der Waals surface area contributed by atoms with Gasteiger partial charge >= 0.3 is 0 Å². The SMILES string of the molecule is CCCC1=CC(C)(C)CN(S(=O)(=O)c2ccc(C)cc2)C1. The highest BCUT2D eigenvalue weighted by atomic mass is 32.2. The van der Waals surface area contributed by atoms with Crippen LogP contribution in [0.4, 0.5) is 0 Å². The van der Waals surface area contributed by atoms with Crippen molar-refractivity contribution in [2.24, 2.45) is 5.41 Å². The second-order valence-corrected chi connectivity index (χ2v) is 8.57. The molecule has 0 spiro atoms. The van der Waals surface area contributed by atoms with E-state index in [0.717, 1.165) is 18.4 Å². The molecule has 0 aliphatic carbocycles. The molecule has 0 radical (unpaired) electrons. The van der Waals surface area contributed by atoms with Crippen LogP contribution in [-0.2, 0) is 10.0 Å². The van der Waals surface area contributed by atoms with Crippen molar-refractivity contribution in [1.29, 1.82) is 0 Å². The van der Waals surface area contributed by atoms with E-state index < -0.39 is 10.0 Å². The van der Waals surface area contributed by atoms with Crippen LogP contribution in [0, 0.1) is 12.3 Å². The summed E-state index contributed by atoms with van der Waals surface area (Å²) in [5.74, 6) is 0. The molecule has 21 heavy (non-hydrogen) atoms. The maximum atomic E-state index is 12.8. The molecule has 0 saturated carbocycles. The summed E-state index contributed by atoms with van der Waals surface area (Å²) in [4.78, 5) is 0.390. The molecule has 0 aromatic heterocycles. The van der Waals surface area contributed by atoms with E-state index in [2.05, 4.69) is 26.8 Å². The molecule has 1 aromatic rings. The number of nitrogens with zero attached hydrogens (tertiary/aromatic N) is 1.